The zero-order valence-corrected chi connectivity index (χ0v) is 18.5. The van der Waals surface area contributed by atoms with Crippen molar-refractivity contribution in [3.63, 3.8) is 0 Å². The first-order valence-electron chi connectivity index (χ1n) is 9.38. The maximum absolute atomic E-state index is 11.6. The number of ether oxygens (including phenoxy) is 1. The molecule has 1 unspecified atom stereocenters. The first-order valence-corrected chi connectivity index (χ1v) is 11.6. The molecule has 162 valence electrons. The molecular weight excluding hydrogens is 440 g/mol. The number of para-hydroxylation sites is 1. The summed E-state index contributed by atoms with van der Waals surface area (Å²) in [6.07, 6.45) is 1.16. The van der Waals surface area contributed by atoms with Crippen LogP contribution in [-0.4, -0.2) is 19.6 Å². The van der Waals surface area contributed by atoms with Crippen molar-refractivity contribution in [3.05, 3.63) is 93.0 Å². The van der Waals surface area contributed by atoms with Crippen LogP contribution in [0.3, 0.4) is 0 Å². The van der Waals surface area contributed by atoms with Gasteiger partial charge in [0.25, 0.3) is 0 Å². The van der Waals surface area contributed by atoms with Crippen molar-refractivity contribution in [2.45, 2.75) is 24.4 Å². The number of rotatable bonds is 8. The number of nitrogens with zero attached hydrogens (tertiary/aromatic N) is 1. The highest BCUT2D eigenvalue weighted by Gasteiger charge is 2.18. The van der Waals surface area contributed by atoms with Gasteiger partial charge in [0.15, 0.2) is 9.84 Å². The highest BCUT2D eigenvalue weighted by molar-refractivity contribution is 7.90. The van der Waals surface area contributed by atoms with Gasteiger partial charge in [-0.05, 0) is 48.4 Å². The molecule has 9 heteroatoms. The molecule has 0 fully saturated rings. The summed E-state index contributed by atoms with van der Waals surface area (Å²) in [5, 5.41) is 15.2. The standard InChI is InChI=1S/C22H21ClN2O5S/c1-15(17-8-10-18(11-9-17)31(2,28)29)24-14-16-7-12-22(20(13-16)25(26)27)30-21-6-4-3-5-19(21)23/h3-13,15,24H,14H2,1-2H3. The zero-order valence-electron chi connectivity index (χ0n) is 16.9. The fraction of sp³-hybridized carbons (Fsp3) is 0.182. The van der Waals surface area contributed by atoms with Gasteiger partial charge in [-0.2, -0.15) is 0 Å². The Balaban J connectivity index is 1.72. The third-order valence-electron chi connectivity index (χ3n) is 4.70. The Kier molecular flexibility index (Phi) is 6.94. The fourth-order valence-electron chi connectivity index (χ4n) is 2.94. The smallest absolute Gasteiger partial charge is 0.311 e. The molecule has 0 spiro atoms. The second-order valence-corrected chi connectivity index (χ2v) is 9.46. The summed E-state index contributed by atoms with van der Waals surface area (Å²) in [7, 11) is -3.25. The van der Waals surface area contributed by atoms with Crippen molar-refractivity contribution >= 4 is 27.1 Å². The predicted octanol–water partition coefficient (Wildman–Crippen LogP) is 5.29. The Morgan fingerprint density at radius 1 is 1.06 bits per heavy atom. The first-order chi connectivity index (χ1) is 14.6. The van der Waals surface area contributed by atoms with Gasteiger partial charge in [-0.3, -0.25) is 10.1 Å². The van der Waals surface area contributed by atoms with Crippen molar-refractivity contribution in [1.29, 1.82) is 0 Å². The van der Waals surface area contributed by atoms with Crippen LogP contribution in [0.15, 0.2) is 71.6 Å². The van der Waals surface area contributed by atoms with Crippen molar-refractivity contribution in [1.82, 2.24) is 5.32 Å². The molecule has 1 N–H and O–H groups in total. The lowest BCUT2D eigenvalue weighted by Crippen LogP contribution is -2.18. The number of hydrogen-bond acceptors (Lipinski definition) is 6. The van der Waals surface area contributed by atoms with Crippen LogP contribution in [-0.2, 0) is 16.4 Å². The van der Waals surface area contributed by atoms with Crippen LogP contribution >= 0.6 is 11.6 Å². The lowest BCUT2D eigenvalue weighted by atomic mass is 10.1. The quantitative estimate of drug-likeness (QED) is 0.362. The molecule has 0 heterocycles. The maximum atomic E-state index is 11.6. The van der Waals surface area contributed by atoms with E-state index in [0.717, 1.165) is 11.8 Å². The van der Waals surface area contributed by atoms with Crippen LogP contribution in [0.1, 0.15) is 24.1 Å². The van der Waals surface area contributed by atoms with E-state index >= 15 is 0 Å². The predicted molar refractivity (Wildman–Crippen MR) is 119 cm³/mol. The molecule has 0 bridgehead atoms. The second-order valence-electron chi connectivity index (χ2n) is 7.04. The van der Waals surface area contributed by atoms with E-state index in [1.54, 1.807) is 60.7 Å². The van der Waals surface area contributed by atoms with Crippen molar-refractivity contribution < 1.29 is 18.1 Å². The molecule has 0 aromatic heterocycles. The van der Waals surface area contributed by atoms with Crippen LogP contribution in [0.5, 0.6) is 11.5 Å². The molecule has 31 heavy (non-hydrogen) atoms. The Bertz CT molecular complexity index is 1200. The van der Waals surface area contributed by atoms with Gasteiger partial charge in [0.2, 0.25) is 5.75 Å². The molecule has 0 radical (unpaired) electrons. The molecule has 3 rings (SSSR count). The van der Waals surface area contributed by atoms with E-state index in [9.17, 15) is 18.5 Å². The SMILES string of the molecule is CC(NCc1ccc(Oc2ccccc2Cl)c([N+](=O)[O-])c1)c1ccc(S(C)(=O)=O)cc1. The van der Waals surface area contributed by atoms with Crippen molar-refractivity contribution in [2.24, 2.45) is 0 Å². The third-order valence-corrected chi connectivity index (χ3v) is 6.14. The number of sulfone groups is 1. The summed E-state index contributed by atoms with van der Waals surface area (Å²) in [4.78, 5) is 11.3. The van der Waals surface area contributed by atoms with Gasteiger partial charge in [0, 0.05) is 24.9 Å². The molecule has 0 saturated carbocycles. The maximum Gasteiger partial charge on any atom is 0.311 e. The molecule has 1 atom stereocenters. The van der Waals surface area contributed by atoms with E-state index in [2.05, 4.69) is 5.32 Å². The van der Waals surface area contributed by atoms with Gasteiger partial charge in [-0.1, -0.05) is 41.9 Å². The molecule has 0 saturated heterocycles. The van der Waals surface area contributed by atoms with Gasteiger partial charge in [0.1, 0.15) is 5.75 Å². The Labute approximate surface area is 185 Å². The minimum absolute atomic E-state index is 0.0910. The molecule has 3 aromatic rings. The van der Waals surface area contributed by atoms with Crippen molar-refractivity contribution in [2.75, 3.05) is 6.26 Å². The molecule has 0 aliphatic heterocycles. The van der Waals surface area contributed by atoms with Crippen LogP contribution < -0.4 is 10.1 Å². The number of nitrogens with one attached hydrogen (secondary N) is 1. The Morgan fingerprint density at radius 3 is 2.35 bits per heavy atom. The fourth-order valence-corrected chi connectivity index (χ4v) is 3.75. The molecular formula is C22H21ClN2O5S. The summed E-state index contributed by atoms with van der Waals surface area (Å²) in [5.41, 5.74) is 1.45. The number of nitro groups is 1. The zero-order chi connectivity index (χ0) is 22.6. The molecule has 0 aliphatic carbocycles. The number of hydrogen-bond donors (Lipinski definition) is 1. The summed E-state index contributed by atoms with van der Waals surface area (Å²) in [5.74, 6) is 0.440. The van der Waals surface area contributed by atoms with E-state index < -0.39 is 14.8 Å². The monoisotopic (exact) mass is 460 g/mol. The summed E-state index contributed by atoms with van der Waals surface area (Å²) < 4.78 is 28.8. The lowest BCUT2D eigenvalue weighted by Gasteiger charge is -2.15. The first kappa shape index (κ1) is 22.7. The van der Waals surface area contributed by atoms with E-state index in [0.29, 0.717) is 22.9 Å². The van der Waals surface area contributed by atoms with Crippen LogP contribution in [0, 0.1) is 10.1 Å². The third kappa shape index (κ3) is 5.81. The number of halogens is 1. The molecule has 7 nitrogen and oxygen atoms in total. The van der Waals surface area contributed by atoms with Crippen LogP contribution in [0.25, 0.3) is 0 Å². The molecule has 0 amide bonds. The highest BCUT2D eigenvalue weighted by Crippen LogP contribution is 2.35. The highest BCUT2D eigenvalue weighted by atomic mass is 35.5. The summed E-state index contributed by atoms with van der Waals surface area (Å²) in [6, 6.07) is 18.0. The normalized spacial score (nSPS) is 12.4. The van der Waals surface area contributed by atoms with Gasteiger partial charge >= 0.3 is 5.69 Å². The topological polar surface area (TPSA) is 98.5 Å². The largest absolute Gasteiger partial charge is 0.449 e. The van der Waals surface area contributed by atoms with Crippen LogP contribution in [0.4, 0.5) is 5.69 Å². The molecule has 0 aliphatic rings. The van der Waals surface area contributed by atoms with Crippen LogP contribution in [0.2, 0.25) is 5.02 Å². The minimum Gasteiger partial charge on any atom is -0.449 e. The Morgan fingerprint density at radius 2 is 1.74 bits per heavy atom. The van der Waals surface area contributed by atoms with E-state index in [1.807, 2.05) is 6.92 Å². The van der Waals surface area contributed by atoms with Gasteiger partial charge in [-0.15, -0.1) is 0 Å². The van der Waals surface area contributed by atoms with Gasteiger partial charge in [-0.25, -0.2) is 8.42 Å². The number of benzene rings is 3. The Hall–Kier alpha value is -2.94. The summed E-state index contributed by atoms with van der Waals surface area (Å²) in [6.45, 7) is 2.31. The number of nitro benzene ring substituents is 1. The van der Waals surface area contributed by atoms with Gasteiger partial charge < -0.3 is 10.1 Å². The average molecular weight is 461 g/mol. The van der Waals surface area contributed by atoms with Gasteiger partial charge in [0.05, 0.1) is 14.8 Å². The average Bonchev–Trinajstić information content (AvgIpc) is 2.73. The molecule has 3 aromatic carbocycles. The lowest BCUT2D eigenvalue weighted by molar-refractivity contribution is -0.385. The van der Waals surface area contributed by atoms with Crippen molar-refractivity contribution in [3.8, 4) is 11.5 Å². The van der Waals surface area contributed by atoms with E-state index in [1.165, 1.54) is 6.07 Å². The minimum atomic E-state index is -3.25. The second kappa shape index (κ2) is 9.47. The van der Waals surface area contributed by atoms with E-state index in [4.69, 9.17) is 16.3 Å². The summed E-state index contributed by atoms with van der Waals surface area (Å²) >= 11 is 6.08. The van der Waals surface area contributed by atoms with E-state index in [-0.39, 0.29) is 22.4 Å².